The minimum absolute atomic E-state index is 0.136. The number of nitrogens with one attached hydrogen (secondary N) is 4. The van der Waals surface area contributed by atoms with Crippen LogP contribution in [0.5, 0.6) is 0 Å². The summed E-state index contributed by atoms with van der Waals surface area (Å²) >= 11 is 0. The first-order valence-electron chi connectivity index (χ1n) is 16.4. The molecule has 1 aromatic carbocycles. The van der Waals surface area contributed by atoms with E-state index in [1.54, 1.807) is 11.8 Å². The van der Waals surface area contributed by atoms with Crippen molar-refractivity contribution in [1.29, 1.82) is 0 Å². The Bertz CT molecular complexity index is 1290. The standard InChI is InChI=1S/C26H35N5O4.C8H16O/c1-4-15(2)22-26(35)31-12-8-7-11-21(31)25(34)28-16(3)23(32)29-20(24(33)30-22)13-17-14-27-19-10-6-5-9-18(17)19;1-3-5-6-7-8(9)4-2/h5-6,9-10,14-16,20-22,27H,4,7-8,11-13H2,1-3H3,(H,28,34)(H,29,32)(H,30,33);3-7H2,1-2H3/t15?,16-,20?,21+,22-;/m0./s1. The maximum Gasteiger partial charge on any atom is 0.246 e. The Balaban J connectivity index is 0.000000512. The molecule has 0 spiro atoms. The number of hydrogen-bond donors (Lipinski definition) is 4. The molecule has 2 fully saturated rings. The predicted octanol–water partition coefficient (Wildman–Crippen LogP) is 4.17. The zero-order chi connectivity index (χ0) is 32.2. The van der Waals surface area contributed by atoms with Crippen molar-refractivity contribution in [2.75, 3.05) is 6.54 Å². The predicted molar refractivity (Wildman–Crippen MR) is 172 cm³/mol. The van der Waals surface area contributed by atoms with Crippen molar-refractivity contribution in [2.45, 2.75) is 123 Å². The highest BCUT2D eigenvalue weighted by Gasteiger charge is 2.40. The van der Waals surface area contributed by atoms with Gasteiger partial charge >= 0.3 is 0 Å². The molecule has 2 aromatic rings. The van der Waals surface area contributed by atoms with Gasteiger partial charge in [0.1, 0.15) is 30.0 Å². The van der Waals surface area contributed by atoms with E-state index in [-0.39, 0.29) is 24.2 Å². The van der Waals surface area contributed by atoms with Crippen LogP contribution in [0.15, 0.2) is 30.5 Å². The molecule has 0 bridgehead atoms. The minimum Gasteiger partial charge on any atom is -0.361 e. The third-order valence-electron chi connectivity index (χ3n) is 8.80. The lowest BCUT2D eigenvalue weighted by molar-refractivity contribution is -0.147. The van der Waals surface area contributed by atoms with Gasteiger partial charge in [-0.2, -0.15) is 0 Å². The number of aromatic nitrogens is 1. The van der Waals surface area contributed by atoms with Crippen LogP contribution >= 0.6 is 0 Å². The number of Topliss-reactive ketones (excluding diaryl/α,β-unsaturated/α-hetero) is 1. The van der Waals surface area contributed by atoms with Gasteiger partial charge in [0.2, 0.25) is 23.6 Å². The van der Waals surface area contributed by atoms with Crippen LogP contribution in [-0.4, -0.2) is 70.0 Å². The molecule has 3 heterocycles. The number of benzene rings is 1. The maximum absolute atomic E-state index is 13.7. The summed E-state index contributed by atoms with van der Waals surface area (Å²) in [4.78, 5) is 68.8. The van der Waals surface area contributed by atoms with Gasteiger partial charge in [0.25, 0.3) is 0 Å². The minimum atomic E-state index is -0.906. The Kier molecular flexibility index (Phi) is 13.4. The van der Waals surface area contributed by atoms with E-state index in [9.17, 15) is 24.0 Å². The monoisotopic (exact) mass is 609 g/mol. The summed E-state index contributed by atoms with van der Waals surface area (Å²) in [5.74, 6) is -1.14. The lowest BCUT2D eigenvalue weighted by Crippen LogP contribution is -2.64. The number of para-hydroxylation sites is 1. The highest BCUT2D eigenvalue weighted by Crippen LogP contribution is 2.23. The highest BCUT2D eigenvalue weighted by molar-refractivity contribution is 5.98. The first-order valence-corrected chi connectivity index (χ1v) is 16.4. The summed E-state index contributed by atoms with van der Waals surface area (Å²) in [6.07, 6.45) is 9.93. The summed E-state index contributed by atoms with van der Waals surface area (Å²) in [6.45, 7) is 10.0. The number of amides is 4. The zero-order valence-corrected chi connectivity index (χ0v) is 27.0. The number of rotatable bonds is 9. The number of carbonyl (C=O) groups is 5. The van der Waals surface area contributed by atoms with E-state index in [0.29, 0.717) is 31.6 Å². The van der Waals surface area contributed by atoms with Crippen molar-refractivity contribution in [3.8, 4) is 0 Å². The van der Waals surface area contributed by atoms with Crippen LogP contribution in [0, 0.1) is 5.92 Å². The molecular formula is C34H51N5O5. The van der Waals surface area contributed by atoms with Gasteiger partial charge in [-0.25, -0.2) is 0 Å². The van der Waals surface area contributed by atoms with Crippen molar-refractivity contribution < 1.29 is 24.0 Å². The molecule has 5 atom stereocenters. The number of ketones is 1. The van der Waals surface area contributed by atoms with E-state index in [0.717, 1.165) is 42.1 Å². The highest BCUT2D eigenvalue weighted by atomic mass is 16.2. The number of piperidine rings is 1. The van der Waals surface area contributed by atoms with Gasteiger partial charge in [0.15, 0.2) is 0 Å². The zero-order valence-electron chi connectivity index (χ0n) is 27.0. The lowest BCUT2D eigenvalue weighted by atomic mass is 9.93. The third-order valence-corrected chi connectivity index (χ3v) is 8.80. The fourth-order valence-electron chi connectivity index (χ4n) is 5.73. The van der Waals surface area contributed by atoms with Crippen molar-refractivity contribution in [1.82, 2.24) is 25.8 Å². The normalized spacial score (nSPS) is 23.6. The first-order chi connectivity index (χ1) is 21.1. The smallest absolute Gasteiger partial charge is 0.246 e. The van der Waals surface area contributed by atoms with E-state index in [4.69, 9.17) is 0 Å². The van der Waals surface area contributed by atoms with Crippen LogP contribution in [0.3, 0.4) is 0 Å². The molecule has 10 nitrogen and oxygen atoms in total. The molecule has 2 unspecified atom stereocenters. The molecule has 2 aliphatic heterocycles. The van der Waals surface area contributed by atoms with Gasteiger partial charge in [0, 0.05) is 42.9 Å². The van der Waals surface area contributed by atoms with E-state index in [1.807, 2.05) is 51.2 Å². The van der Waals surface area contributed by atoms with Gasteiger partial charge in [0.05, 0.1) is 0 Å². The van der Waals surface area contributed by atoms with Gasteiger partial charge < -0.3 is 25.8 Å². The largest absolute Gasteiger partial charge is 0.361 e. The quantitative estimate of drug-likeness (QED) is 0.316. The number of hydrogen-bond acceptors (Lipinski definition) is 5. The molecule has 1 aromatic heterocycles. The molecule has 10 heteroatoms. The van der Waals surface area contributed by atoms with E-state index in [2.05, 4.69) is 27.9 Å². The van der Waals surface area contributed by atoms with Crippen molar-refractivity contribution in [2.24, 2.45) is 5.92 Å². The number of carbonyl (C=O) groups excluding carboxylic acids is 5. The van der Waals surface area contributed by atoms with Crippen LogP contribution in [0.25, 0.3) is 10.9 Å². The maximum atomic E-state index is 13.7. The first kappa shape index (κ1) is 34.8. The second-order valence-corrected chi connectivity index (χ2v) is 12.1. The van der Waals surface area contributed by atoms with E-state index < -0.39 is 36.0 Å². The van der Waals surface area contributed by atoms with Gasteiger partial charge in [-0.3, -0.25) is 24.0 Å². The molecule has 242 valence electrons. The summed E-state index contributed by atoms with van der Waals surface area (Å²) in [7, 11) is 0. The Morgan fingerprint density at radius 1 is 0.955 bits per heavy atom. The summed E-state index contributed by atoms with van der Waals surface area (Å²) in [5.41, 5.74) is 1.82. The van der Waals surface area contributed by atoms with Crippen LogP contribution in [0.2, 0.25) is 0 Å². The number of fused-ring (bicyclic) bond motifs is 2. The van der Waals surface area contributed by atoms with Crippen LogP contribution in [-0.2, 0) is 30.4 Å². The molecule has 4 rings (SSSR count). The molecule has 2 saturated heterocycles. The third kappa shape index (κ3) is 9.16. The molecule has 44 heavy (non-hydrogen) atoms. The van der Waals surface area contributed by atoms with Crippen molar-refractivity contribution >= 4 is 40.3 Å². The second-order valence-electron chi connectivity index (χ2n) is 12.1. The second kappa shape index (κ2) is 17.0. The molecule has 0 saturated carbocycles. The Morgan fingerprint density at radius 3 is 2.41 bits per heavy atom. The van der Waals surface area contributed by atoms with Crippen LogP contribution in [0.4, 0.5) is 0 Å². The molecule has 4 N–H and O–H groups in total. The number of H-pyrrole nitrogens is 1. The lowest BCUT2D eigenvalue weighted by Gasteiger charge is -2.39. The Hall–Kier alpha value is -3.69. The van der Waals surface area contributed by atoms with Gasteiger partial charge in [-0.05, 0) is 50.2 Å². The Morgan fingerprint density at radius 2 is 1.70 bits per heavy atom. The molecular weight excluding hydrogens is 558 g/mol. The number of unbranched alkanes of at least 4 members (excludes halogenated alkanes) is 2. The fourth-order valence-corrected chi connectivity index (χ4v) is 5.73. The van der Waals surface area contributed by atoms with E-state index >= 15 is 0 Å². The number of nitrogens with zero attached hydrogens (tertiary/aromatic N) is 1. The summed E-state index contributed by atoms with van der Waals surface area (Å²) < 4.78 is 0. The fraction of sp³-hybridized carbons (Fsp3) is 0.618. The Labute approximate surface area is 261 Å². The summed E-state index contributed by atoms with van der Waals surface area (Å²) in [6, 6.07) is 4.58. The van der Waals surface area contributed by atoms with E-state index in [1.165, 1.54) is 12.8 Å². The SMILES string of the molecule is CCC(C)[C@@H]1NC(=O)C(Cc2c[nH]c3ccccc23)NC(=O)[C@H](C)NC(=O)[C@H]2CCCCN2C1=O.CCCCCC(=O)CC. The molecule has 0 radical (unpaired) electrons. The van der Waals surface area contributed by atoms with Crippen molar-refractivity contribution in [3.05, 3.63) is 36.0 Å². The number of aromatic amines is 1. The molecule has 4 amide bonds. The van der Waals surface area contributed by atoms with Gasteiger partial charge in [-0.1, -0.05) is 65.2 Å². The summed E-state index contributed by atoms with van der Waals surface area (Å²) in [5, 5.41) is 9.49. The molecule has 0 aliphatic carbocycles. The average Bonchev–Trinajstić information content (AvgIpc) is 3.44. The van der Waals surface area contributed by atoms with Crippen molar-refractivity contribution in [3.63, 3.8) is 0 Å². The van der Waals surface area contributed by atoms with Gasteiger partial charge in [-0.15, -0.1) is 0 Å². The van der Waals surface area contributed by atoms with Crippen LogP contribution < -0.4 is 16.0 Å². The topological polar surface area (TPSA) is 140 Å². The van der Waals surface area contributed by atoms with Crippen LogP contribution in [0.1, 0.15) is 98.0 Å². The average molecular weight is 610 g/mol. The molecule has 2 aliphatic rings.